The normalized spacial score (nSPS) is 29.0. The van der Waals surface area contributed by atoms with Crippen molar-refractivity contribution in [3.63, 3.8) is 0 Å². The van der Waals surface area contributed by atoms with Gasteiger partial charge < -0.3 is 4.74 Å². The van der Waals surface area contributed by atoms with Gasteiger partial charge in [-0.05, 0) is 97.1 Å². The van der Waals surface area contributed by atoms with Crippen molar-refractivity contribution < 1.29 is 17.9 Å². The average molecular weight is 440 g/mol. The van der Waals surface area contributed by atoms with Crippen LogP contribution >= 0.6 is 0 Å². The first-order valence-corrected chi connectivity index (χ1v) is 12.8. The number of ether oxygens (including phenoxy) is 1. The number of carbonyl (C=O) groups is 1. The molecule has 0 unspecified atom stereocenters. The molecule has 4 fully saturated rings. The first kappa shape index (κ1) is 20.6. The van der Waals surface area contributed by atoms with E-state index in [1.54, 1.807) is 24.3 Å². The lowest BCUT2D eigenvalue weighted by molar-refractivity contribution is -0.00518. The Morgan fingerprint density at radius 2 is 1.48 bits per heavy atom. The molecule has 1 N–H and O–H groups in total. The summed E-state index contributed by atoms with van der Waals surface area (Å²) < 4.78 is 32.7. The lowest BCUT2D eigenvalue weighted by Crippen LogP contribution is -2.48. The van der Waals surface area contributed by atoms with E-state index >= 15 is 0 Å². The van der Waals surface area contributed by atoms with Crippen LogP contribution < -0.4 is 4.72 Å². The van der Waals surface area contributed by atoms with Gasteiger partial charge in [-0.15, -0.1) is 0 Å². The van der Waals surface area contributed by atoms with E-state index < -0.39 is 16.0 Å². The summed E-state index contributed by atoms with van der Waals surface area (Å²) in [5.74, 6) is 2.07. The number of sulfonamides is 1. The van der Waals surface area contributed by atoms with Gasteiger partial charge in [-0.25, -0.2) is 13.2 Å². The van der Waals surface area contributed by atoms with Crippen LogP contribution in [0.4, 0.5) is 5.69 Å². The fourth-order valence-corrected chi connectivity index (χ4v) is 7.84. The first-order chi connectivity index (χ1) is 14.8. The fourth-order valence-electron chi connectivity index (χ4n) is 6.65. The molecule has 6 heteroatoms. The Bertz CT molecular complexity index is 1040. The minimum atomic E-state index is -3.55. The van der Waals surface area contributed by atoms with E-state index in [9.17, 15) is 13.2 Å². The lowest BCUT2D eigenvalue weighted by Gasteiger charge is -2.57. The Hall–Kier alpha value is -2.34. The Morgan fingerprint density at radius 3 is 2.00 bits per heavy atom. The number of methoxy groups -OCH3 is 1. The number of carbonyl (C=O) groups excluding carboxylic acids is 1. The summed E-state index contributed by atoms with van der Waals surface area (Å²) in [6, 6.07) is 14.5. The predicted octanol–water partition coefficient (Wildman–Crippen LogP) is 4.88. The molecule has 4 bridgehead atoms. The molecule has 164 valence electrons. The lowest BCUT2D eigenvalue weighted by atomic mass is 9.48. The van der Waals surface area contributed by atoms with Gasteiger partial charge >= 0.3 is 5.97 Å². The van der Waals surface area contributed by atoms with E-state index in [2.05, 4.69) is 21.6 Å². The monoisotopic (exact) mass is 439 g/mol. The van der Waals surface area contributed by atoms with Crippen molar-refractivity contribution in [2.45, 2.75) is 49.7 Å². The second kappa shape index (κ2) is 7.66. The van der Waals surface area contributed by atoms with Crippen molar-refractivity contribution >= 4 is 21.7 Å². The molecule has 4 aliphatic carbocycles. The van der Waals surface area contributed by atoms with Crippen LogP contribution in [0.15, 0.2) is 48.5 Å². The van der Waals surface area contributed by atoms with Crippen molar-refractivity contribution in [1.29, 1.82) is 0 Å². The van der Waals surface area contributed by atoms with E-state index in [1.807, 2.05) is 12.1 Å². The maximum atomic E-state index is 12.6. The molecule has 0 spiro atoms. The quantitative estimate of drug-likeness (QED) is 0.651. The van der Waals surface area contributed by atoms with E-state index in [-0.39, 0.29) is 5.75 Å². The molecular formula is C25H29NO4S. The Balaban J connectivity index is 1.27. The third kappa shape index (κ3) is 4.10. The second-order valence-electron chi connectivity index (χ2n) is 9.82. The van der Waals surface area contributed by atoms with E-state index in [0.29, 0.717) is 22.2 Å². The smallest absolute Gasteiger partial charge is 0.337 e. The SMILES string of the molecule is COC(=O)c1ccc(CS(=O)(=O)Nc2ccc(C34CC5CC(CC(C5)C3)C4)cc2)cc1. The van der Waals surface area contributed by atoms with Gasteiger partial charge in [-0.1, -0.05) is 24.3 Å². The molecule has 31 heavy (non-hydrogen) atoms. The number of rotatable bonds is 6. The van der Waals surface area contributed by atoms with Gasteiger partial charge in [0.2, 0.25) is 10.0 Å². The van der Waals surface area contributed by atoms with E-state index in [0.717, 1.165) is 17.8 Å². The molecule has 2 aromatic carbocycles. The molecule has 5 nitrogen and oxygen atoms in total. The first-order valence-electron chi connectivity index (χ1n) is 11.1. The maximum Gasteiger partial charge on any atom is 0.337 e. The van der Waals surface area contributed by atoms with Gasteiger partial charge in [0.05, 0.1) is 18.4 Å². The average Bonchev–Trinajstić information content (AvgIpc) is 2.72. The molecule has 0 aliphatic heterocycles. The van der Waals surface area contributed by atoms with Crippen molar-refractivity contribution in [1.82, 2.24) is 0 Å². The molecule has 4 aliphatic rings. The second-order valence-corrected chi connectivity index (χ2v) is 11.5. The largest absolute Gasteiger partial charge is 0.465 e. The van der Waals surface area contributed by atoms with Gasteiger partial charge in [-0.2, -0.15) is 0 Å². The van der Waals surface area contributed by atoms with Crippen LogP contribution in [-0.2, 0) is 25.9 Å². The van der Waals surface area contributed by atoms with Crippen LogP contribution in [0.25, 0.3) is 0 Å². The summed E-state index contributed by atoms with van der Waals surface area (Å²) in [5.41, 5.74) is 3.31. The molecule has 6 rings (SSSR count). The van der Waals surface area contributed by atoms with Crippen molar-refractivity contribution in [2.75, 3.05) is 11.8 Å². The van der Waals surface area contributed by atoms with Crippen LogP contribution in [0.1, 0.15) is 60.0 Å². The number of benzene rings is 2. The minimum Gasteiger partial charge on any atom is -0.465 e. The molecule has 4 saturated carbocycles. The van der Waals surface area contributed by atoms with Gasteiger partial charge in [0.1, 0.15) is 0 Å². The molecule has 0 radical (unpaired) electrons. The molecule has 0 amide bonds. The highest BCUT2D eigenvalue weighted by Gasteiger charge is 2.51. The van der Waals surface area contributed by atoms with Crippen LogP contribution in [-0.4, -0.2) is 21.5 Å². The summed E-state index contributed by atoms with van der Waals surface area (Å²) in [6.07, 6.45) is 8.14. The maximum absolute atomic E-state index is 12.6. The summed E-state index contributed by atoms with van der Waals surface area (Å²) in [5, 5.41) is 0. The van der Waals surface area contributed by atoms with Crippen LogP contribution in [0, 0.1) is 17.8 Å². The van der Waals surface area contributed by atoms with Gasteiger partial charge in [-0.3, -0.25) is 4.72 Å². The fraction of sp³-hybridized carbons (Fsp3) is 0.480. The van der Waals surface area contributed by atoms with Gasteiger partial charge in [0.25, 0.3) is 0 Å². The van der Waals surface area contributed by atoms with E-state index in [1.165, 1.54) is 51.2 Å². The standard InChI is InChI=1S/C25H29NO4S/c1-30-24(27)21-4-2-17(3-5-21)16-31(28,29)26-23-8-6-22(7-9-23)25-13-18-10-19(14-25)12-20(11-18)15-25/h2-9,18-20,26H,10-16H2,1H3. The topological polar surface area (TPSA) is 72.5 Å². The summed E-state index contributed by atoms with van der Waals surface area (Å²) in [6.45, 7) is 0. The van der Waals surface area contributed by atoms with Gasteiger partial charge in [0.15, 0.2) is 0 Å². The molecule has 2 aromatic rings. The third-order valence-electron chi connectivity index (χ3n) is 7.54. The Labute approximate surface area is 184 Å². The zero-order chi connectivity index (χ0) is 21.6. The van der Waals surface area contributed by atoms with E-state index in [4.69, 9.17) is 0 Å². The van der Waals surface area contributed by atoms with Crippen LogP contribution in [0.2, 0.25) is 0 Å². The Kier molecular flexibility index (Phi) is 5.08. The van der Waals surface area contributed by atoms with Crippen LogP contribution in [0.5, 0.6) is 0 Å². The zero-order valence-corrected chi connectivity index (χ0v) is 18.7. The van der Waals surface area contributed by atoms with Gasteiger partial charge in [0, 0.05) is 5.69 Å². The third-order valence-corrected chi connectivity index (χ3v) is 8.80. The zero-order valence-electron chi connectivity index (χ0n) is 17.8. The number of hydrogen-bond donors (Lipinski definition) is 1. The predicted molar refractivity (Wildman–Crippen MR) is 120 cm³/mol. The van der Waals surface area contributed by atoms with Crippen molar-refractivity contribution in [3.8, 4) is 0 Å². The highest BCUT2D eigenvalue weighted by atomic mass is 32.2. The summed E-state index contributed by atoms with van der Waals surface area (Å²) in [4.78, 5) is 11.5. The molecule has 0 aromatic heterocycles. The number of esters is 1. The molecule has 0 atom stereocenters. The number of hydrogen-bond acceptors (Lipinski definition) is 4. The summed E-state index contributed by atoms with van der Waals surface area (Å²) >= 11 is 0. The van der Waals surface area contributed by atoms with Crippen molar-refractivity contribution in [3.05, 3.63) is 65.2 Å². The summed E-state index contributed by atoms with van der Waals surface area (Å²) in [7, 11) is -2.23. The molecule has 0 heterocycles. The Morgan fingerprint density at radius 1 is 0.935 bits per heavy atom. The minimum absolute atomic E-state index is 0.148. The molecule has 0 saturated heterocycles. The van der Waals surface area contributed by atoms with Crippen molar-refractivity contribution in [2.24, 2.45) is 17.8 Å². The number of nitrogens with one attached hydrogen (secondary N) is 1. The van der Waals surface area contributed by atoms with Crippen LogP contribution in [0.3, 0.4) is 0 Å². The highest BCUT2D eigenvalue weighted by Crippen LogP contribution is 2.60. The number of anilines is 1. The highest BCUT2D eigenvalue weighted by molar-refractivity contribution is 7.91. The molecular weight excluding hydrogens is 410 g/mol.